The van der Waals surface area contributed by atoms with E-state index in [2.05, 4.69) is 15.2 Å². The third kappa shape index (κ3) is 1.57. The molecule has 0 unspecified atom stereocenters. The van der Waals surface area contributed by atoms with Crippen LogP contribution in [0.3, 0.4) is 0 Å². The Balaban J connectivity index is 2.22. The van der Waals surface area contributed by atoms with E-state index in [-0.39, 0.29) is 0 Å². The Hall–Kier alpha value is -2.56. The highest BCUT2D eigenvalue weighted by Gasteiger charge is 2.07. The minimum absolute atomic E-state index is 0.589. The molecule has 0 aliphatic rings. The van der Waals surface area contributed by atoms with Crippen LogP contribution in [0.4, 0.5) is 0 Å². The Morgan fingerprint density at radius 2 is 1.94 bits per heavy atom. The molecule has 3 aromatic rings. The van der Waals surface area contributed by atoms with Gasteiger partial charge in [-0.2, -0.15) is 0 Å². The van der Waals surface area contributed by atoms with Crippen molar-refractivity contribution in [2.75, 3.05) is 0 Å². The van der Waals surface area contributed by atoms with Crippen molar-refractivity contribution in [1.29, 1.82) is 0 Å². The van der Waals surface area contributed by atoms with Gasteiger partial charge in [-0.05, 0) is 24.3 Å². The molecule has 0 amide bonds. The summed E-state index contributed by atoms with van der Waals surface area (Å²) in [7, 11) is 0. The second-order valence-electron chi connectivity index (χ2n) is 3.57. The first-order valence-corrected chi connectivity index (χ1v) is 5.09. The molecule has 0 saturated carbocycles. The largest absolute Gasteiger partial charge is 0.298 e. The lowest BCUT2D eigenvalue weighted by Crippen LogP contribution is -1.90. The van der Waals surface area contributed by atoms with Crippen LogP contribution >= 0.6 is 0 Å². The van der Waals surface area contributed by atoms with Gasteiger partial charge in [0.15, 0.2) is 11.5 Å². The molecule has 0 aliphatic carbocycles. The van der Waals surface area contributed by atoms with Crippen molar-refractivity contribution in [2.24, 2.45) is 0 Å². The van der Waals surface area contributed by atoms with E-state index in [9.17, 15) is 4.79 Å². The Labute approximate surface area is 96.8 Å². The van der Waals surface area contributed by atoms with Crippen molar-refractivity contribution in [3.8, 4) is 11.4 Å². The maximum atomic E-state index is 10.7. The molecule has 0 saturated heterocycles. The van der Waals surface area contributed by atoms with Gasteiger partial charge in [-0.1, -0.05) is 0 Å². The smallest absolute Gasteiger partial charge is 0.168 e. The van der Waals surface area contributed by atoms with Crippen molar-refractivity contribution in [3.05, 3.63) is 48.4 Å². The van der Waals surface area contributed by atoms with E-state index in [0.717, 1.165) is 17.7 Å². The molecular formula is C12H8N4O. The van der Waals surface area contributed by atoms with Crippen LogP contribution in [0.2, 0.25) is 0 Å². The van der Waals surface area contributed by atoms with Gasteiger partial charge >= 0.3 is 0 Å². The second-order valence-corrected chi connectivity index (χ2v) is 3.57. The highest BCUT2D eigenvalue weighted by molar-refractivity contribution is 5.77. The van der Waals surface area contributed by atoms with Gasteiger partial charge in [0, 0.05) is 29.7 Å². The zero-order valence-corrected chi connectivity index (χ0v) is 8.82. The number of carbonyl (C=O) groups is 1. The summed E-state index contributed by atoms with van der Waals surface area (Å²) in [6.07, 6.45) is 5.99. The summed E-state index contributed by atoms with van der Waals surface area (Å²) in [5.41, 5.74) is 2.18. The molecule has 0 aromatic carbocycles. The third-order valence-corrected chi connectivity index (χ3v) is 2.51. The Bertz CT molecular complexity index is 675. The quantitative estimate of drug-likeness (QED) is 0.620. The van der Waals surface area contributed by atoms with Crippen LogP contribution < -0.4 is 0 Å². The number of hydrogen-bond donors (Lipinski definition) is 0. The van der Waals surface area contributed by atoms with E-state index >= 15 is 0 Å². The molecular weight excluding hydrogens is 216 g/mol. The summed E-state index contributed by atoms with van der Waals surface area (Å²) in [5.74, 6) is 0.736. The molecule has 0 fully saturated rings. The van der Waals surface area contributed by atoms with Crippen LogP contribution in [0.1, 0.15) is 10.4 Å². The Morgan fingerprint density at radius 3 is 2.71 bits per heavy atom. The molecule has 3 heterocycles. The number of hydrogen-bond acceptors (Lipinski definition) is 4. The maximum Gasteiger partial charge on any atom is 0.168 e. The van der Waals surface area contributed by atoms with E-state index in [4.69, 9.17) is 0 Å². The standard InChI is InChI=1S/C12H8N4O/c17-8-9-3-6-16-11(7-9)14-15-12(16)10-1-4-13-5-2-10/h1-8H. The summed E-state index contributed by atoms with van der Waals surface area (Å²) in [6.45, 7) is 0. The van der Waals surface area contributed by atoms with Crippen LogP contribution in [-0.4, -0.2) is 25.9 Å². The van der Waals surface area contributed by atoms with Gasteiger partial charge < -0.3 is 0 Å². The number of aldehydes is 1. The van der Waals surface area contributed by atoms with Gasteiger partial charge in [0.05, 0.1) is 0 Å². The topological polar surface area (TPSA) is 60.2 Å². The summed E-state index contributed by atoms with van der Waals surface area (Å²) < 4.78 is 1.84. The lowest BCUT2D eigenvalue weighted by atomic mass is 10.2. The van der Waals surface area contributed by atoms with Crippen molar-refractivity contribution in [3.63, 3.8) is 0 Å². The Kier molecular flexibility index (Phi) is 2.15. The second kappa shape index (κ2) is 3.79. The molecule has 5 nitrogen and oxygen atoms in total. The minimum atomic E-state index is 0.589. The molecule has 3 rings (SSSR count). The predicted octanol–water partition coefficient (Wildman–Crippen LogP) is 1.60. The van der Waals surface area contributed by atoms with E-state index in [1.807, 2.05) is 16.5 Å². The van der Waals surface area contributed by atoms with Gasteiger partial charge in [0.25, 0.3) is 0 Å². The average Bonchev–Trinajstić information content (AvgIpc) is 2.82. The summed E-state index contributed by atoms with van der Waals surface area (Å²) in [6, 6.07) is 7.16. The van der Waals surface area contributed by atoms with E-state index in [1.54, 1.807) is 30.7 Å². The summed E-state index contributed by atoms with van der Waals surface area (Å²) >= 11 is 0. The molecule has 82 valence electrons. The SMILES string of the molecule is O=Cc1ccn2c(-c3ccncc3)nnc2c1. The average molecular weight is 224 g/mol. The van der Waals surface area contributed by atoms with Crippen LogP contribution in [-0.2, 0) is 0 Å². The van der Waals surface area contributed by atoms with Crippen LogP contribution in [0.15, 0.2) is 42.9 Å². The number of nitrogens with zero attached hydrogens (tertiary/aromatic N) is 4. The molecule has 5 heteroatoms. The van der Waals surface area contributed by atoms with Crippen molar-refractivity contribution in [2.45, 2.75) is 0 Å². The fourth-order valence-electron chi connectivity index (χ4n) is 1.68. The summed E-state index contributed by atoms with van der Waals surface area (Å²) in [5, 5.41) is 8.15. The number of fused-ring (bicyclic) bond motifs is 1. The molecule has 0 spiro atoms. The summed E-state index contributed by atoms with van der Waals surface area (Å²) in [4.78, 5) is 14.6. The van der Waals surface area contributed by atoms with Crippen LogP contribution in [0, 0.1) is 0 Å². The highest BCUT2D eigenvalue weighted by atomic mass is 16.1. The minimum Gasteiger partial charge on any atom is -0.298 e. The first-order chi connectivity index (χ1) is 8.38. The van der Waals surface area contributed by atoms with Gasteiger partial charge in [0.2, 0.25) is 0 Å². The fourth-order valence-corrected chi connectivity index (χ4v) is 1.68. The lowest BCUT2D eigenvalue weighted by Gasteiger charge is -1.99. The molecule has 17 heavy (non-hydrogen) atoms. The van der Waals surface area contributed by atoms with Crippen LogP contribution in [0.5, 0.6) is 0 Å². The van der Waals surface area contributed by atoms with E-state index in [1.165, 1.54) is 0 Å². The lowest BCUT2D eigenvalue weighted by molar-refractivity contribution is 0.112. The maximum absolute atomic E-state index is 10.7. The van der Waals surface area contributed by atoms with Gasteiger partial charge in [-0.15, -0.1) is 10.2 Å². The van der Waals surface area contributed by atoms with Crippen molar-refractivity contribution in [1.82, 2.24) is 19.6 Å². The fraction of sp³-hybridized carbons (Fsp3) is 0. The molecule has 0 aliphatic heterocycles. The third-order valence-electron chi connectivity index (χ3n) is 2.51. The van der Waals surface area contributed by atoms with Gasteiger partial charge in [-0.3, -0.25) is 14.2 Å². The first-order valence-electron chi connectivity index (χ1n) is 5.09. The van der Waals surface area contributed by atoms with Crippen LogP contribution in [0.25, 0.3) is 17.0 Å². The first kappa shape index (κ1) is 9.65. The van der Waals surface area contributed by atoms with Crippen molar-refractivity contribution < 1.29 is 4.79 Å². The Morgan fingerprint density at radius 1 is 1.12 bits per heavy atom. The molecule has 0 N–H and O–H groups in total. The number of rotatable bonds is 2. The number of aromatic nitrogens is 4. The predicted molar refractivity (Wildman–Crippen MR) is 61.6 cm³/mol. The number of pyridine rings is 2. The van der Waals surface area contributed by atoms with E-state index in [0.29, 0.717) is 11.2 Å². The molecule has 0 bridgehead atoms. The zero-order chi connectivity index (χ0) is 11.7. The zero-order valence-electron chi connectivity index (χ0n) is 8.82. The highest BCUT2D eigenvalue weighted by Crippen LogP contribution is 2.17. The molecule has 3 aromatic heterocycles. The van der Waals surface area contributed by atoms with Gasteiger partial charge in [0.1, 0.15) is 6.29 Å². The van der Waals surface area contributed by atoms with Crippen molar-refractivity contribution >= 4 is 11.9 Å². The normalized spacial score (nSPS) is 10.6. The number of carbonyl (C=O) groups excluding carboxylic acids is 1. The molecule has 0 atom stereocenters. The van der Waals surface area contributed by atoms with Gasteiger partial charge in [-0.25, -0.2) is 0 Å². The van der Waals surface area contributed by atoms with E-state index < -0.39 is 0 Å². The monoisotopic (exact) mass is 224 g/mol. The molecule has 0 radical (unpaired) electrons.